The number of amides is 2. The second-order valence-electron chi connectivity index (χ2n) is 4.22. The number of halogens is 1. The van der Waals surface area contributed by atoms with Crippen LogP contribution < -0.4 is 0 Å². The van der Waals surface area contributed by atoms with Crippen molar-refractivity contribution in [3.63, 3.8) is 0 Å². The molecule has 0 atom stereocenters. The number of carboxylic acid groups (broad SMARTS) is 1. The summed E-state index contributed by atoms with van der Waals surface area (Å²) in [5.74, 6) is -1.72. The van der Waals surface area contributed by atoms with Gasteiger partial charge in [-0.3, -0.25) is 4.79 Å². The lowest BCUT2D eigenvalue weighted by molar-refractivity contribution is 0.0704. The van der Waals surface area contributed by atoms with E-state index < -0.39 is 17.8 Å². The lowest BCUT2D eigenvalue weighted by atomic mass is 10.3. The van der Waals surface area contributed by atoms with E-state index in [1.165, 1.54) is 12.1 Å². The van der Waals surface area contributed by atoms with E-state index in [0.717, 1.165) is 12.5 Å². The number of aromatic nitrogens is 1. The van der Waals surface area contributed by atoms with Crippen LogP contribution in [-0.2, 0) is 0 Å². The van der Waals surface area contributed by atoms with E-state index in [9.17, 15) is 14.0 Å². The third-order valence-electron chi connectivity index (χ3n) is 2.74. The molecular weight excluding hydrogens is 267 g/mol. The smallest absolute Gasteiger partial charge is 0.414 e. The lowest BCUT2D eigenvalue weighted by Crippen LogP contribution is -2.36. The first-order chi connectivity index (χ1) is 9.52. The molecule has 0 fully saturated rings. The zero-order valence-corrected chi connectivity index (χ0v) is 10.8. The molecule has 0 saturated heterocycles. The number of hydrogen-bond acceptors (Lipinski definition) is 4. The average molecular weight is 280 g/mol. The Morgan fingerprint density at radius 1 is 1.45 bits per heavy atom. The Balaban J connectivity index is 2.31. The average Bonchev–Trinajstić information content (AvgIpc) is 2.81. The molecule has 0 aliphatic rings. The molecule has 20 heavy (non-hydrogen) atoms. The van der Waals surface area contributed by atoms with Gasteiger partial charge in [-0.1, -0.05) is 13.3 Å². The molecule has 0 unspecified atom stereocenters. The highest BCUT2D eigenvalue weighted by atomic mass is 19.1. The predicted molar refractivity (Wildman–Crippen MR) is 67.9 cm³/mol. The van der Waals surface area contributed by atoms with Gasteiger partial charge in [-0.25, -0.2) is 19.1 Å². The summed E-state index contributed by atoms with van der Waals surface area (Å²) in [5, 5.41) is 9.03. The summed E-state index contributed by atoms with van der Waals surface area (Å²) in [7, 11) is 0. The predicted octanol–water partition coefficient (Wildman–Crippen LogP) is 2.89. The summed E-state index contributed by atoms with van der Waals surface area (Å²) < 4.78 is 18.1. The molecule has 1 aromatic heterocycles. The van der Waals surface area contributed by atoms with Crippen molar-refractivity contribution >= 4 is 23.1 Å². The van der Waals surface area contributed by atoms with Crippen LogP contribution in [0.2, 0.25) is 0 Å². The Bertz CT molecular complexity index is 653. The van der Waals surface area contributed by atoms with E-state index in [-0.39, 0.29) is 18.0 Å². The van der Waals surface area contributed by atoms with E-state index >= 15 is 0 Å². The highest BCUT2D eigenvalue weighted by molar-refractivity contribution is 6.00. The van der Waals surface area contributed by atoms with Crippen molar-refractivity contribution in [3.8, 4) is 0 Å². The topological polar surface area (TPSA) is 83.6 Å². The van der Waals surface area contributed by atoms with Crippen molar-refractivity contribution < 1.29 is 23.5 Å². The summed E-state index contributed by atoms with van der Waals surface area (Å²) >= 11 is 0. The first-order valence-electron chi connectivity index (χ1n) is 6.13. The molecule has 6 nitrogen and oxygen atoms in total. The summed E-state index contributed by atoms with van der Waals surface area (Å²) in [4.78, 5) is 27.6. The van der Waals surface area contributed by atoms with Crippen LogP contribution in [0.15, 0.2) is 22.6 Å². The van der Waals surface area contributed by atoms with Gasteiger partial charge < -0.3 is 9.52 Å². The standard InChI is InChI=1S/C13H13FN2O4/c1-2-3-6-16(13(18)19)12(17)11-15-9-5-4-8(14)7-10(9)20-11/h4-5,7H,2-3,6H2,1H3,(H,18,19). The highest BCUT2D eigenvalue weighted by Gasteiger charge is 2.26. The van der Waals surface area contributed by atoms with E-state index in [0.29, 0.717) is 16.8 Å². The molecule has 2 aromatic rings. The van der Waals surface area contributed by atoms with Gasteiger partial charge >= 0.3 is 12.0 Å². The molecule has 106 valence electrons. The van der Waals surface area contributed by atoms with Crippen LogP contribution in [0.5, 0.6) is 0 Å². The van der Waals surface area contributed by atoms with Gasteiger partial charge in [0.25, 0.3) is 5.89 Å². The Hall–Kier alpha value is -2.44. The number of benzene rings is 1. The number of carbonyl (C=O) groups excluding carboxylic acids is 1. The highest BCUT2D eigenvalue weighted by Crippen LogP contribution is 2.18. The maximum atomic E-state index is 13.0. The fourth-order valence-corrected chi connectivity index (χ4v) is 1.71. The minimum absolute atomic E-state index is 0.0672. The zero-order valence-electron chi connectivity index (χ0n) is 10.8. The van der Waals surface area contributed by atoms with Crippen molar-refractivity contribution in [1.29, 1.82) is 0 Å². The van der Waals surface area contributed by atoms with E-state index in [1.807, 2.05) is 6.92 Å². The lowest BCUT2D eigenvalue weighted by Gasteiger charge is -2.14. The third-order valence-corrected chi connectivity index (χ3v) is 2.74. The van der Waals surface area contributed by atoms with Crippen molar-refractivity contribution in [2.75, 3.05) is 6.54 Å². The first kappa shape index (κ1) is 14.0. The molecule has 0 bridgehead atoms. The molecule has 1 N–H and O–H groups in total. The number of hydrogen-bond donors (Lipinski definition) is 1. The number of fused-ring (bicyclic) bond motifs is 1. The van der Waals surface area contributed by atoms with Crippen LogP contribution in [-0.4, -0.2) is 33.5 Å². The first-order valence-corrected chi connectivity index (χ1v) is 6.13. The Labute approximate surface area is 113 Å². The minimum Gasteiger partial charge on any atom is -0.465 e. The van der Waals surface area contributed by atoms with Crippen LogP contribution >= 0.6 is 0 Å². The summed E-state index contributed by atoms with van der Waals surface area (Å²) in [6.07, 6.45) is -0.0696. The van der Waals surface area contributed by atoms with Crippen molar-refractivity contribution in [2.45, 2.75) is 19.8 Å². The molecule has 7 heteroatoms. The molecule has 0 radical (unpaired) electrons. The number of oxazole rings is 1. The molecular formula is C13H13FN2O4. The second-order valence-corrected chi connectivity index (χ2v) is 4.22. The number of carbonyl (C=O) groups is 2. The van der Waals surface area contributed by atoms with Crippen LogP contribution in [0.1, 0.15) is 30.5 Å². The monoisotopic (exact) mass is 280 g/mol. The maximum absolute atomic E-state index is 13.0. The quantitative estimate of drug-likeness (QED) is 0.930. The van der Waals surface area contributed by atoms with E-state index in [4.69, 9.17) is 9.52 Å². The zero-order chi connectivity index (χ0) is 14.7. The van der Waals surface area contributed by atoms with Gasteiger partial charge in [0, 0.05) is 12.6 Å². The van der Waals surface area contributed by atoms with Gasteiger partial charge in [0.05, 0.1) is 0 Å². The Morgan fingerprint density at radius 2 is 2.20 bits per heavy atom. The van der Waals surface area contributed by atoms with Crippen molar-refractivity contribution in [1.82, 2.24) is 9.88 Å². The molecule has 1 aromatic carbocycles. The minimum atomic E-state index is -1.36. The molecule has 0 spiro atoms. The summed E-state index contributed by atoms with van der Waals surface area (Å²) in [5.41, 5.74) is 0.407. The van der Waals surface area contributed by atoms with Gasteiger partial charge in [-0.15, -0.1) is 0 Å². The molecule has 1 heterocycles. The second kappa shape index (κ2) is 5.68. The van der Waals surface area contributed by atoms with Crippen LogP contribution in [0.4, 0.5) is 9.18 Å². The SMILES string of the molecule is CCCCN(C(=O)O)C(=O)c1nc2ccc(F)cc2o1. The van der Waals surface area contributed by atoms with Crippen molar-refractivity contribution in [3.05, 3.63) is 29.9 Å². The van der Waals surface area contributed by atoms with Gasteiger partial charge in [0.1, 0.15) is 11.3 Å². The number of nitrogens with zero attached hydrogens (tertiary/aromatic N) is 2. The number of imide groups is 1. The summed E-state index contributed by atoms with van der Waals surface area (Å²) in [6.45, 7) is 1.95. The number of rotatable bonds is 4. The fourth-order valence-electron chi connectivity index (χ4n) is 1.71. The molecule has 0 saturated carbocycles. The normalized spacial score (nSPS) is 10.7. The van der Waals surface area contributed by atoms with Gasteiger partial charge in [0.2, 0.25) is 0 Å². The fraction of sp³-hybridized carbons (Fsp3) is 0.308. The number of unbranched alkanes of at least 4 members (excludes halogenated alkanes) is 1. The molecule has 0 aliphatic heterocycles. The van der Waals surface area contributed by atoms with Gasteiger partial charge in [0.15, 0.2) is 5.58 Å². The Morgan fingerprint density at radius 3 is 2.85 bits per heavy atom. The third kappa shape index (κ3) is 2.76. The van der Waals surface area contributed by atoms with Crippen LogP contribution in [0.3, 0.4) is 0 Å². The summed E-state index contributed by atoms with van der Waals surface area (Å²) in [6, 6.07) is 3.64. The van der Waals surface area contributed by atoms with Crippen LogP contribution in [0, 0.1) is 5.82 Å². The van der Waals surface area contributed by atoms with E-state index in [2.05, 4.69) is 4.98 Å². The maximum Gasteiger partial charge on any atom is 0.414 e. The van der Waals surface area contributed by atoms with Gasteiger partial charge in [-0.05, 0) is 18.6 Å². The van der Waals surface area contributed by atoms with Crippen LogP contribution in [0.25, 0.3) is 11.1 Å². The largest absolute Gasteiger partial charge is 0.465 e. The molecule has 0 aliphatic carbocycles. The van der Waals surface area contributed by atoms with Gasteiger partial charge in [-0.2, -0.15) is 0 Å². The molecule has 2 amide bonds. The van der Waals surface area contributed by atoms with Crippen molar-refractivity contribution in [2.24, 2.45) is 0 Å². The molecule has 2 rings (SSSR count). The van der Waals surface area contributed by atoms with E-state index in [1.54, 1.807) is 0 Å². The Kier molecular flexibility index (Phi) is 3.97.